The third-order valence-electron chi connectivity index (χ3n) is 3.78. The summed E-state index contributed by atoms with van der Waals surface area (Å²) in [4.78, 5) is 12.4. The van der Waals surface area contributed by atoms with E-state index in [2.05, 4.69) is 15.5 Å². The van der Waals surface area contributed by atoms with Gasteiger partial charge in [0.15, 0.2) is 5.78 Å². The van der Waals surface area contributed by atoms with Crippen LogP contribution < -0.4 is 4.74 Å². The number of ether oxygens (including phenoxy) is 1. The molecule has 0 saturated heterocycles. The Labute approximate surface area is 150 Å². The molecule has 0 radical (unpaired) electrons. The maximum absolute atomic E-state index is 12.4. The number of hydrogen-bond donors (Lipinski definition) is 0. The van der Waals surface area contributed by atoms with Gasteiger partial charge in [-0.2, -0.15) is 4.68 Å². The molecule has 128 valence electrons. The fraction of sp³-hybridized carbons (Fsp3) is 0.222. The Morgan fingerprint density at radius 3 is 2.64 bits per heavy atom. The monoisotopic (exact) mass is 354 g/mol. The van der Waals surface area contributed by atoms with Crippen molar-refractivity contribution in [3.05, 3.63) is 59.2 Å². The minimum Gasteiger partial charge on any atom is -0.497 e. The Hall–Kier alpha value is -2.67. The number of carbonyl (C=O) groups is 1. The van der Waals surface area contributed by atoms with Gasteiger partial charge in [0, 0.05) is 5.56 Å². The average molecular weight is 354 g/mol. The highest BCUT2D eigenvalue weighted by molar-refractivity contribution is 7.99. The molecule has 1 aromatic heterocycles. The summed E-state index contributed by atoms with van der Waals surface area (Å²) in [6, 6.07) is 13.2. The first-order valence-electron chi connectivity index (χ1n) is 7.74. The van der Waals surface area contributed by atoms with Crippen LogP contribution in [0.3, 0.4) is 0 Å². The van der Waals surface area contributed by atoms with Crippen LogP contribution in [-0.4, -0.2) is 38.9 Å². The predicted molar refractivity (Wildman–Crippen MR) is 96.7 cm³/mol. The fourth-order valence-corrected chi connectivity index (χ4v) is 3.14. The average Bonchev–Trinajstić information content (AvgIpc) is 3.10. The van der Waals surface area contributed by atoms with Gasteiger partial charge in [-0.1, -0.05) is 23.9 Å². The van der Waals surface area contributed by atoms with Gasteiger partial charge in [-0.25, -0.2) is 0 Å². The normalized spacial score (nSPS) is 10.7. The molecule has 25 heavy (non-hydrogen) atoms. The lowest BCUT2D eigenvalue weighted by Gasteiger charge is -2.08. The Kier molecular flexibility index (Phi) is 5.14. The van der Waals surface area contributed by atoms with Gasteiger partial charge in [0.2, 0.25) is 5.16 Å². The maximum Gasteiger partial charge on any atom is 0.214 e. The van der Waals surface area contributed by atoms with E-state index in [-0.39, 0.29) is 11.5 Å². The van der Waals surface area contributed by atoms with Crippen molar-refractivity contribution in [1.29, 1.82) is 0 Å². The molecule has 0 spiro atoms. The molecular formula is C18H18N4O2S. The van der Waals surface area contributed by atoms with E-state index in [0.717, 1.165) is 22.6 Å². The number of tetrazole rings is 1. The smallest absolute Gasteiger partial charge is 0.214 e. The van der Waals surface area contributed by atoms with Crippen molar-refractivity contribution < 1.29 is 9.53 Å². The summed E-state index contributed by atoms with van der Waals surface area (Å²) in [7, 11) is 1.60. The van der Waals surface area contributed by atoms with Crippen LogP contribution in [0.15, 0.2) is 47.6 Å². The highest BCUT2D eigenvalue weighted by Crippen LogP contribution is 2.22. The molecule has 6 nitrogen and oxygen atoms in total. The quantitative estimate of drug-likeness (QED) is 0.500. The minimum atomic E-state index is 0.0168. The molecule has 0 bridgehead atoms. The van der Waals surface area contributed by atoms with E-state index in [1.807, 2.05) is 32.0 Å². The zero-order valence-corrected chi connectivity index (χ0v) is 15.1. The van der Waals surface area contributed by atoms with Crippen molar-refractivity contribution >= 4 is 17.5 Å². The van der Waals surface area contributed by atoms with Crippen LogP contribution in [0.25, 0.3) is 5.69 Å². The summed E-state index contributed by atoms with van der Waals surface area (Å²) < 4.78 is 6.78. The van der Waals surface area contributed by atoms with Crippen LogP contribution >= 0.6 is 11.8 Å². The lowest BCUT2D eigenvalue weighted by molar-refractivity contribution is 0.102. The lowest BCUT2D eigenvalue weighted by Crippen LogP contribution is -2.06. The SMILES string of the molecule is COc1ccc(C(=O)CSc2nnnn2-c2cc(C)ccc2C)cc1. The van der Waals surface area contributed by atoms with Crippen molar-refractivity contribution in [3.8, 4) is 11.4 Å². The van der Waals surface area contributed by atoms with Crippen molar-refractivity contribution in [2.75, 3.05) is 12.9 Å². The number of thioether (sulfide) groups is 1. The molecule has 0 aliphatic rings. The van der Waals surface area contributed by atoms with Crippen LogP contribution in [0.5, 0.6) is 5.75 Å². The third-order valence-corrected chi connectivity index (χ3v) is 4.70. The molecule has 0 aliphatic carbocycles. The Bertz CT molecular complexity index is 890. The molecular weight excluding hydrogens is 336 g/mol. The first-order chi connectivity index (χ1) is 12.1. The van der Waals surface area contributed by atoms with Gasteiger partial charge < -0.3 is 4.74 Å². The second-order valence-electron chi connectivity index (χ2n) is 5.60. The number of methoxy groups -OCH3 is 1. The minimum absolute atomic E-state index is 0.0168. The van der Waals surface area contributed by atoms with E-state index in [1.165, 1.54) is 11.8 Å². The standard InChI is InChI=1S/C18H18N4O2S/c1-12-4-5-13(2)16(10-12)22-18(19-20-21-22)25-11-17(23)14-6-8-15(24-3)9-7-14/h4-10H,11H2,1-3H3. The van der Waals surface area contributed by atoms with Gasteiger partial charge in [-0.15, -0.1) is 5.10 Å². The molecule has 3 rings (SSSR count). The molecule has 0 N–H and O–H groups in total. The molecule has 2 aromatic carbocycles. The summed E-state index contributed by atoms with van der Waals surface area (Å²) in [5, 5.41) is 12.5. The summed E-state index contributed by atoms with van der Waals surface area (Å²) in [6.45, 7) is 4.03. The summed E-state index contributed by atoms with van der Waals surface area (Å²) in [6.07, 6.45) is 0. The molecule has 1 heterocycles. The number of aryl methyl sites for hydroxylation is 2. The van der Waals surface area contributed by atoms with Crippen molar-refractivity contribution in [3.63, 3.8) is 0 Å². The maximum atomic E-state index is 12.4. The topological polar surface area (TPSA) is 69.9 Å². The van der Waals surface area contributed by atoms with Crippen LogP contribution in [0.4, 0.5) is 0 Å². The number of aromatic nitrogens is 4. The van der Waals surface area contributed by atoms with Crippen LogP contribution in [0.2, 0.25) is 0 Å². The second kappa shape index (κ2) is 7.48. The molecule has 0 unspecified atom stereocenters. The van der Waals surface area contributed by atoms with Gasteiger partial charge in [0.1, 0.15) is 5.75 Å². The van der Waals surface area contributed by atoms with Crippen LogP contribution in [-0.2, 0) is 0 Å². The number of ketones is 1. The Morgan fingerprint density at radius 2 is 1.92 bits per heavy atom. The van der Waals surface area contributed by atoms with E-state index < -0.39 is 0 Å². The Balaban J connectivity index is 1.75. The first kappa shape index (κ1) is 17.2. The summed E-state index contributed by atoms with van der Waals surface area (Å²) >= 11 is 1.32. The molecule has 0 aliphatic heterocycles. The summed E-state index contributed by atoms with van der Waals surface area (Å²) in [5.41, 5.74) is 3.76. The second-order valence-corrected chi connectivity index (χ2v) is 6.55. The number of hydrogen-bond acceptors (Lipinski definition) is 6. The van der Waals surface area contributed by atoms with E-state index >= 15 is 0 Å². The molecule has 7 heteroatoms. The predicted octanol–water partition coefficient (Wildman–Crippen LogP) is 3.26. The highest BCUT2D eigenvalue weighted by Gasteiger charge is 2.14. The number of rotatable bonds is 6. The van der Waals surface area contributed by atoms with Gasteiger partial charge in [0.25, 0.3) is 0 Å². The van der Waals surface area contributed by atoms with E-state index in [0.29, 0.717) is 10.7 Å². The molecule has 0 amide bonds. The molecule has 3 aromatic rings. The number of benzene rings is 2. The number of nitrogens with zero attached hydrogens (tertiary/aromatic N) is 4. The highest BCUT2D eigenvalue weighted by atomic mass is 32.2. The zero-order valence-electron chi connectivity index (χ0n) is 14.3. The third kappa shape index (κ3) is 3.88. The summed E-state index contributed by atoms with van der Waals surface area (Å²) in [5.74, 6) is 1.00. The first-order valence-corrected chi connectivity index (χ1v) is 8.73. The molecule has 0 saturated carbocycles. The van der Waals surface area contributed by atoms with Gasteiger partial charge in [-0.3, -0.25) is 4.79 Å². The van der Waals surface area contributed by atoms with Crippen LogP contribution in [0, 0.1) is 13.8 Å². The van der Waals surface area contributed by atoms with Crippen molar-refractivity contribution in [2.24, 2.45) is 0 Å². The van der Waals surface area contributed by atoms with E-state index in [9.17, 15) is 4.79 Å². The van der Waals surface area contributed by atoms with Crippen LogP contribution in [0.1, 0.15) is 21.5 Å². The van der Waals surface area contributed by atoms with Crippen molar-refractivity contribution in [2.45, 2.75) is 19.0 Å². The van der Waals surface area contributed by atoms with Gasteiger partial charge >= 0.3 is 0 Å². The Morgan fingerprint density at radius 1 is 1.16 bits per heavy atom. The molecule has 0 fully saturated rings. The number of Topliss-reactive ketones (excluding diaryl/α,β-unsaturated/α-hetero) is 1. The molecule has 0 atom stereocenters. The number of carbonyl (C=O) groups excluding carboxylic acids is 1. The van der Waals surface area contributed by atoms with Gasteiger partial charge in [0.05, 0.1) is 18.6 Å². The van der Waals surface area contributed by atoms with Gasteiger partial charge in [-0.05, 0) is 65.7 Å². The fourth-order valence-electron chi connectivity index (χ4n) is 2.36. The van der Waals surface area contributed by atoms with E-state index in [4.69, 9.17) is 4.74 Å². The lowest BCUT2D eigenvalue weighted by atomic mass is 10.1. The zero-order chi connectivity index (χ0) is 17.8. The van der Waals surface area contributed by atoms with E-state index in [1.54, 1.807) is 36.1 Å². The largest absolute Gasteiger partial charge is 0.497 e. The van der Waals surface area contributed by atoms with Crippen molar-refractivity contribution in [1.82, 2.24) is 20.2 Å².